The second-order valence-electron chi connectivity index (χ2n) is 5.36. The fraction of sp³-hybridized carbons (Fsp3) is 0.714. The van der Waals surface area contributed by atoms with Gasteiger partial charge in [-0.25, -0.2) is 9.97 Å². The Balaban J connectivity index is 2.33. The molecule has 1 heterocycles. The van der Waals surface area contributed by atoms with E-state index in [0.29, 0.717) is 24.2 Å². The Morgan fingerprint density at radius 2 is 2.14 bits per heavy atom. The molecular weight excluding hydrogens is 270 g/mol. The van der Waals surface area contributed by atoms with E-state index in [4.69, 9.17) is 0 Å². The number of aromatic nitrogens is 2. The second kappa shape index (κ2) is 7.19. The van der Waals surface area contributed by atoms with E-state index in [0.717, 1.165) is 38.6 Å². The number of rotatable bonds is 9. The van der Waals surface area contributed by atoms with Gasteiger partial charge in [-0.05, 0) is 25.7 Å². The molecule has 1 N–H and O–H groups in total. The summed E-state index contributed by atoms with van der Waals surface area (Å²) in [7, 11) is 0. The van der Waals surface area contributed by atoms with Crippen LogP contribution < -0.4 is 10.2 Å². The van der Waals surface area contributed by atoms with Crippen molar-refractivity contribution < 1.29 is 4.92 Å². The van der Waals surface area contributed by atoms with Crippen molar-refractivity contribution in [3.8, 4) is 0 Å². The van der Waals surface area contributed by atoms with Crippen LogP contribution >= 0.6 is 0 Å². The third-order valence-electron chi connectivity index (χ3n) is 3.54. The summed E-state index contributed by atoms with van der Waals surface area (Å²) >= 11 is 0. The number of unbranched alkanes of at least 4 members (excludes halogenated alkanes) is 1. The van der Waals surface area contributed by atoms with Crippen molar-refractivity contribution in [2.75, 3.05) is 23.3 Å². The first-order chi connectivity index (χ1) is 10.2. The highest BCUT2D eigenvalue weighted by Crippen LogP contribution is 2.38. The first-order valence-corrected chi connectivity index (χ1v) is 7.68. The van der Waals surface area contributed by atoms with Crippen LogP contribution in [0.25, 0.3) is 0 Å². The van der Waals surface area contributed by atoms with E-state index in [-0.39, 0.29) is 10.6 Å². The maximum absolute atomic E-state index is 11.5. The first-order valence-electron chi connectivity index (χ1n) is 7.68. The van der Waals surface area contributed by atoms with Crippen molar-refractivity contribution in [3.63, 3.8) is 0 Å². The van der Waals surface area contributed by atoms with Crippen molar-refractivity contribution in [1.29, 1.82) is 0 Å². The van der Waals surface area contributed by atoms with Crippen molar-refractivity contribution >= 4 is 17.3 Å². The van der Waals surface area contributed by atoms with Crippen molar-refractivity contribution in [2.45, 2.75) is 52.0 Å². The van der Waals surface area contributed by atoms with Gasteiger partial charge in [0.15, 0.2) is 0 Å². The van der Waals surface area contributed by atoms with Crippen LogP contribution in [0.4, 0.5) is 17.3 Å². The van der Waals surface area contributed by atoms with E-state index in [1.54, 1.807) is 0 Å². The smallest absolute Gasteiger partial charge is 0.353 e. The van der Waals surface area contributed by atoms with Gasteiger partial charge in [0.05, 0.1) is 4.92 Å². The summed E-state index contributed by atoms with van der Waals surface area (Å²) in [4.78, 5) is 21.5. The first kappa shape index (κ1) is 15.5. The zero-order valence-electron chi connectivity index (χ0n) is 12.7. The van der Waals surface area contributed by atoms with Gasteiger partial charge < -0.3 is 10.2 Å². The summed E-state index contributed by atoms with van der Waals surface area (Å²) in [6.07, 6.45) is 6.55. The summed E-state index contributed by atoms with van der Waals surface area (Å²) in [5.74, 6) is 0.790. The van der Waals surface area contributed by atoms with Gasteiger partial charge in [-0.3, -0.25) is 10.1 Å². The number of hydrogen-bond acceptors (Lipinski definition) is 6. The molecule has 0 saturated heterocycles. The van der Waals surface area contributed by atoms with Crippen LogP contribution in [0.3, 0.4) is 0 Å². The molecule has 0 radical (unpaired) electrons. The Morgan fingerprint density at radius 3 is 2.71 bits per heavy atom. The van der Waals surface area contributed by atoms with E-state index in [9.17, 15) is 10.1 Å². The lowest BCUT2D eigenvalue weighted by Crippen LogP contribution is -2.29. The van der Waals surface area contributed by atoms with E-state index < -0.39 is 0 Å². The molecule has 1 aliphatic carbocycles. The minimum absolute atomic E-state index is 0.00829. The quantitative estimate of drug-likeness (QED) is 0.556. The largest absolute Gasteiger partial charge is 0.364 e. The van der Waals surface area contributed by atoms with E-state index in [1.807, 2.05) is 6.92 Å². The molecule has 1 saturated carbocycles. The van der Waals surface area contributed by atoms with Gasteiger partial charge in [0.2, 0.25) is 11.6 Å². The van der Waals surface area contributed by atoms with Gasteiger partial charge in [-0.1, -0.05) is 20.3 Å². The average Bonchev–Trinajstić information content (AvgIpc) is 3.30. The topological polar surface area (TPSA) is 84.2 Å². The van der Waals surface area contributed by atoms with Crippen LogP contribution in [0, 0.1) is 10.1 Å². The van der Waals surface area contributed by atoms with E-state index in [2.05, 4.69) is 27.1 Å². The molecule has 0 unspecified atom stereocenters. The highest BCUT2D eigenvalue weighted by molar-refractivity contribution is 5.70. The predicted molar refractivity (Wildman–Crippen MR) is 82.7 cm³/mol. The third kappa shape index (κ3) is 3.80. The highest BCUT2D eigenvalue weighted by Gasteiger charge is 2.35. The Morgan fingerprint density at radius 1 is 1.38 bits per heavy atom. The second-order valence-corrected chi connectivity index (χ2v) is 5.36. The molecule has 2 rings (SSSR count). The molecule has 7 heteroatoms. The lowest BCUT2D eigenvalue weighted by molar-refractivity contribution is -0.383. The number of anilines is 2. The molecule has 21 heavy (non-hydrogen) atoms. The molecule has 1 aromatic rings. The zero-order valence-corrected chi connectivity index (χ0v) is 12.7. The summed E-state index contributed by atoms with van der Waals surface area (Å²) in [6, 6.07) is 0.393. The summed E-state index contributed by atoms with van der Waals surface area (Å²) in [5, 5.41) is 14.5. The van der Waals surface area contributed by atoms with Gasteiger partial charge in [0.25, 0.3) is 0 Å². The van der Waals surface area contributed by atoms with E-state index >= 15 is 0 Å². The van der Waals surface area contributed by atoms with Crippen LogP contribution in [0.1, 0.15) is 46.0 Å². The number of nitrogens with one attached hydrogen (secondary N) is 1. The minimum Gasteiger partial charge on any atom is -0.364 e. The lowest BCUT2D eigenvalue weighted by atomic mass is 10.3. The molecule has 116 valence electrons. The number of nitro groups is 1. The average molecular weight is 293 g/mol. The third-order valence-corrected chi connectivity index (χ3v) is 3.54. The summed E-state index contributed by atoms with van der Waals surface area (Å²) in [6.45, 7) is 5.61. The van der Waals surface area contributed by atoms with Crippen LogP contribution in [-0.4, -0.2) is 34.0 Å². The number of nitrogens with zero attached hydrogens (tertiary/aromatic N) is 4. The Hall–Kier alpha value is -1.92. The molecule has 0 spiro atoms. The Kier molecular flexibility index (Phi) is 5.30. The molecule has 0 bridgehead atoms. The summed E-state index contributed by atoms with van der Waals surface area (Å²) in [5.41, 5.74) is 0.00829. The van der Waals surface area contributed by atoms with Crippen molar-refractivity contribution in [3.05, 3.63) is 16.4 Å². The van der Waals surface area contributed by atoms with Crippen molar-refractivity contribution in [2.24, 2.45) is 0 Å². The standard InChI is InChI=1S/C14H23N5O2/c1-3-5-9-18(11-6-7-11)14-12(19(20)21)13(15-8-4-2)16-10-17-14/h10-11H,3-9H2,1-2H3,(H,15,16,17). The zero-order chi connectivity index (χ0) is 15.2. The summed E-state index contributed by atoms with van der Waals surface area (Å²) < 4.78 is 0. The Bertz CT molecular complexity index is 490. The molecule has 1 fully saturated rings. The maximum Gasteiger partial charge on any atom is 0.353 e. The molecule has 0 aromatic carbocycles. The van der Waals surface area contributed by atoms with E-state index in [1.165, 1.54) is 6.33 Å². The van der Waals surface area contributed by atoms with Crippen LogP contribution in [0.2, 0.25) is 0 Å². The maximum atomic E-state index is 11.5. The lowest BCUT2D eigenvalue weighted by Gasteiger charge is -2.23. The molecule has 1 aromatic heterocycles. The van der Waals surface area contributed by atoms with Gasteiger partial charge >= 0.3 is 5.69 Å². The van der Waals surface area contributed by atoms with Crippen LogP contribution in [0.5, 0.6) is 0 Å². The van der Waals surface area contributed by atoms with Gasteiger partial charge in [0, 0.05) is 19.1 Å². The Labute approximate surface area is 124 Å². The van der Waals surface area contributed by atoms with Crippen molar-refractivity contribution in [1.82, 2.24) is 9.97 Å². The molecular formula is C14H23N5O2. The molecule has 0 aliphatic heterocycles. The van der Waals surface area contributed by atoms with Gasteiger partial charge in [-0.15, -0.1) is 0 Å². The molecule has 1 aliphatic rings. The van der Waals surface area contributed by atoms with Gasteiger partial charge in [0.1, 0.15) is 6.33 Å². The minimum atomic E-state index is -0.366. The van der Waals surface area contributed by atoms with Crippen LogP contribution in [0.15, 0.2) is 6.33 Å². The van der Waals surface area contributed by atoms with Gasteiger partial charge in [-0.2, -0.15) is 0 Å². The predicted octanol–water partition coefficient (Wildman–Crippen LogP) is 2.98. The fourth-order valence-corrected chi connectivity index (χ4v) is 2.30. The van der Waals surface area contributed by atoms with Crippen LogP contribution in [-0.2, 0) is 0 Å². The fourth-order valence-electron chi connectivity index (χ4n) is 2.30. The SMILES string of the molecule is CCCCN(c1ncnc(NCCC)c1[N+](=O)[O-])C1CC1. The highest BCUT2D eigenvalue weighted by atomic mass is 16.6. The molecule has 0 amide bonds. The number of hydrogen-bond donors (Lipinski definition) is 1. The monoisotopic (exact) mass is 293 g/mol. The molecule has 0 atom stereocenters. The molecule has 7 nitrogen and oxygen atoms in total. The normalized spacial score (nSPS) is 14.0.